The molecule has 0 unspecified atom stereocenters. The van der Waals surface area contributed by atoms with Crippen molar-refractivity contribution in [2.24, 2.45) is 0 Å². The van der Waals surface area contributed by atoms with Crippen molar-refractivity contribution in [1.29, 1.82) is 0 Å². The van der Waals surface area contributed by atoms with Gasteiger partial charge < -0.3 is 10.2 Å². The molecule has 1 rings (SSSR count). The molecular formula is C11H21NO3. The monoisotopic (exact) mass is 215 g/mol. The summed E-state index contributed by atoms with van der Waals surface area (Å²) in [4.78, 5) is 12.5. The van der Waals surface area contributed by atoms with Gasteiger partial charge in [0.05, 0.1) is 12.1 Å². The highest BCUT2D eigenvalue weighted by Gasteiger charge is 2.34. The first-order valence-electron chi connectivity index (χ1n) is 5.61. The Morgan fingerprint density at radius 1 is 1.40 bits per heavy atom. The molecule has 0 saturated heterocycles. The van der Waals surface area contributed by atoms with Crippen LogP contribution in [0.5, 0.6) is 0 Å². The minimum Gasteiger partial charge on any atom is -0.480 e. The van der Waals surface area contributed by atoms with Gasteiger partial charge in [-0.15, -0.1) is 0 Å². The molecule has 0 aromatic rings. The summed E-state index contributed by atoms with van der Waals surface area (Å²) in [6.45, 7) is 4.42. The first-order chi connectivity index (χ1) is 6.93. The standard InChI is InChI=1S/C11H21NO3/c1-9(2)12(7-10(13)14)8-11(15)5-3-4-6-11/h9,15H,3-8H2,1-2H3,(H,13,14). The molecule has 1 aliphatic rings. The van der Waals surface area contributed by atoms with E-state index in [1.807, 2.05) is 18.7 Å². The summed E-state index contributed by atoms with van der Waals surface area (Å²) in [7, 11) is 0. The van der Waals surface area contributed by atoms with Gasteiger partial charge in [0.1, 0.15) is 0 Å². The van der Waals surface area contributed by atoms with E-state index in [0.717, 1.165) is 25.7 Å². The van der Waals surface area contributed by atoms with Crippen LogP contribution >= 0.6 is 0 Å². The Morgan fingerprint density at radius 2 is 1.93 bits per heavy atom. The van der Waals surface area contributed by atoms with Crippen LogP contribution in [0.2, 0.25) is 0 Å². The van der Waals surface area contributed by atoms with E-state index in [4.69, 9.17) is 5.11 Å². The minimum absolute atomic E-state index is 0.0139. The fourth-order valence-corrected chi connectivity index (χ4v) is 2.16. The lowest BCUT2D eigenvalue weighted by Crippen LogP contribution is -2.46. The van der Waals surface area contributed by atoms with Crippen molar-refractivity contribution < 1.29 is 15.0 Å². The first-order valence-corrected chi connectivity index (χ1v) is 5.61. The van der Waals surface area contributed by atoms with E-state index in [1.165, 1.54) is 0 Å². The van der Waals surface area contributed by atoms with Gasteiger partial charge in [0.2, 0.25) is 0 Å². The maximum absolute atomic E-state index is 10.7. The molecule has 0 spiro atoms. The second-order valence-electron chi connectivity index (χ2n) is 4.82. The molecule has 0 atom stereocenters. The number of aliphatic carboxylic acids is 1. The largest absolute Gasteiger partial charge is 0.480 e. The Hall–Kier alpha value is -0.610. The average Bonchev–Trinajstić information content (AvgIpc) is 2.50. The Morgan fingerprint density at radius 3 is 2.33 bits per heavy atom. The van der Waals surface area contributed by atoms with Gasteiger partial charge >= 0.3 is 5.97 Å². The predicted molar refractivity (Wildman–Crippen MR) is 57.8 cm³/mol. The highest BCUT2D eigenvalue weighted by Crippen LogP contribution is 2.30. The summed E-state index contributed by atoms with van der Waals surface area (Å²) in [6, 6.07) is 0.158. The van der Waals surface area contributed by atoms with E-state index in [1.54, 1.807) is 0 Å². The summed E-state index contributed by atoms with van der Waals surface area (Å²) in [6.07, 6.45) is 3.71. The van der Waals surface area contributed by atoms with E-state index in [2.05, 4.69) is 0 Å². The van der Waals surface area contributed by atoms with Gasteiger partial charge in [0.15, 0.2) is 0 Å². The van der Waals surface area contributed by atoms with E-state index >= 15 is 0 Å². The Balaban J connectivity index is 2.53. The molecule has 88 valence electrons. The fraction of sp³-hybridized carbons (Fsp3) is 0.909. The highest BCUT2D eigenvalue weighted by atomic mass is 16.4. The maximum Gasteiger partial charge on any atom is 0.317 e. The molecule has 1 saturated carbocycles. The van der Waals surface area contributed by atoms with Gasteiger partial charge in [-0.2, -0.15) is 0 Å². The Bertz CT molecular complexity index is 222. The number of carbonyl (C=O) groups is 1. The zero-order chi connectivity index (χ0) is 11.5. The summed E-state index contributed by atoms with van der Waals surface area (Å²) in [5.74, 6) is -0.828. The van der Waals surface area contributed by atoms with Crippen molar-refractivity contribution in [3.05, 3.63) is 0 Å². The number of carboxylic acids is 1. The molecule has 1 fully saturated rings. The van der Waals surface area contributed by atoms with Crippen molar-refractivity contribution in [1.82, 2.24) is 4.90 Å². The van der Waals surface area contributed by atoms with Crippen molar-refractivity contribution >= 4 is 5.97 Å². The summed E-state index contributed by atoms with van der Waals surface area (Å²) < 4.78 is 0. The van der Waals surface area contributed by atoms with E-state index in [-0.39, 0.29) is 12.6 Å². The third-order valence-electron chi connectivity index (χ3n) is 3.10. The summed E-state index contributed by atoms with van der Waals surface area (Å²) in [5, 5.41) is 19.0. The van der Waals surface area contributed by atoms with E-state index < -0.39 is 11.6 Å². The van der Waals surface area contributed by atoms with Crippen LogP contribution in [0, 0.1) is 0 Å². The Labute approximate surface area is 90.9 Å². The number of rotatable bonds is 5. The van der Waals surface area contributed by atoms with Gasteiger partial charge in [-0.1, -0.05) is 12.8 Å². The summed E-state index contributed by atoms with van der Waals surface area (Å²) in [5.41, 5.74) is -0.653. The quantitative estimate of drug-likeness (QED) is 0.720. The number of hydrogen-bond donors (Lipinski definition) is 2. The number of aliphatic hydroxyl groups is 1. The smallest absolute Gasteiger partial charge is 0.317 e. The third kappa shape index (κ3) is 3.80. The molecular weight excluding hydrogens is 194 g/mol. The van der Waals surface area contributed by atoms with Crippen molar-refractivity contribution in [3.63, 3.8) is 0 Å². The van der Waals surface area contributed by atoms with Crippen LogP contribution in [0.25, 0.3) is 0 Å². The molecule has 2 N–H and O–H groups in total. The predicted octanol–water partition coefficient (Wildman–Crippen LogP) is 1.09. The van der Waals surface area contributed by atoms with Crippen LogP contribution in [0.4, 0.5) is 0 Å². The normalized spacial score (nSPS) is 20.1. The van der Waals surface area contributed by atoms with Gasteiger partial charge in [0.25, 0.3) is 0 Å². The van der Waals surface area contributed by atoms with Crippen molar-refractivity contribution in [3.8, 4) is 0 Å². The van der Waals surface area contributed by atoms with Crippen molar-refractivity contribution in [2.75, 3.05) is 13.1 Å². The lowest BCUT2D eigenvalue weighted by Gasteiger charge is -2.32. The van der Waals surface area contributed by atoms with E-state index in [0.29, 0.717) is 6.54 Å². The zero-order valence-electron chi connectivity index (χ0n) is 9.57. The molecule has 0 radical (unpaired) electrons. The molecule has 4 nitrogen and oxygen atoms in total. The van der Waals surface area contributed by atoms with Crippen LogP contribution in [0.1, 0.15) is 39.5 Å². The molecule has 1 aliphatic carbocycles. The molecule has 4 heteroatoms. The van der Waals surface area contributed by atoms with Crippen LogP contribution < -0.4 is 0 Å². The minimum atomic E-state index is -0.828. The number of nitrogens with zero attached hydrogens (tertiary/aromatic N) is 1. The first kappa shape index (κ1) is 12.5. The molecule has 0 amide bonds. The van der Waals surface area contributed by atoms with Crippen LogP contribution in [-0.2, 0) is 4.79 Å². The average molecular weight is 215 g/mol. The second kappa shape index (κ2) is 4.94. The van der Waals surface area contributed by atoms with Crippen LogP contribution in [0.3, 0.4) is 0 Å². The van der Waals surface area contributed by atoms with Gasteiger partial charge in [-0.05, 0) is 26.7 Å². The number of hydrogen-bond acceptors (Lipinski definition) is 3. The summed E-state index contributed by atoms with van der Waals surface area (Å²) >= 11 is 0. The topological polar surface area (TPSA) is 60.8 Å². The third-order valence-corrected chi connectivity index (χ3v) is 3.10. The molecule has 0 aromatic carbocycles. The van der Waals surface area contributed by atoms with Gasteiger partial charge in [0, 0.05) is 12.6 Å². The van der Waals surface area contributed by atoms with Crippen LogP contribution in [0.15, 0.2) is 0 Å². The maximum atomic E-state index is 10.7. The molecule has 0 aliphatic heterocycles. The zero-order valence-corrected chi connectivity index (χ0v) is 9.57. The van der Waals surface area contributed by atoms with E-state index in [9.17, 15) is 9.90 Å². The Kier molecular flexibility index (Phi) is 4.11. The SMILES string of the molecule is CC(C)N(CC(=O)O)CC1(O)CCCC1. The number of carboxylic acid groups (broad SMARTS) is 1. The fourth-order valence-electron chi connectivity index (χ4n) is 2.16. The van der Waals surface area contributed by atoms with Crippen LogP contribution in [-0.4, -0.2) is 45.8 Å². The van der Waals surface area contributed by atoms with Gasteiger partial charge in [-0.25, -0.2) is 0 Å². The molecule has 0 aromatic heterocycles. The molecule has 0 bridgehead atoms. The second-order valence-corrected chi connectivity index (χ2v) is 4.82. The lowest BCUT2D eigenvalue weighted by molar-refractivity contribution is -0.139. The van der Waals surface area contributed by atoms with Crippen molar-refractivity contribution in [2.45, 2.75) is 51.2 Å². The molecule has 15 heavy (non-hydrogen) atoms. The molecule has 0 heterocycles. The highest BCUT2D eigenvalue weighted by molar-refractivity contribution is 5.69. The lowest BCUT2D eigenvalue weighted by atomic mass is 10.0. The van der Waals surface area contributed by atoms with Gasteiger partial charge in [-0.3, -0.25) is 9.69 Å².